The largest absolute Gasteiger partial charge is 0.346 e. The molecule has 3 aromatic rings. The van der Waals surface area contributed by atoms with E-state index in [-0.39, 0.29) is 11.9 Å². The average molecular weight is 265 g/mol. The maximum Gasteiger partial charge on any atom is 0.251 e. The summed E-state index contributed by atoms with van der Waals surface area (Å²) in [6.45, 7) is 1.97. The topological polar surface area (TPSA) is 57.8 Å². The van der Waals surface area contributed by atoms with Crippen LogP contribution < -0.4 is 5.32 Å². The fraction of sp³-hybridized carbons (Fsp3) is 0.125. The van der Waals surface area contributed by atoms with Crippen LogP contribution in [0.1, 0.15) is 28.9 Å². The third-order valence-electron chi connectivity index (χ3n) is 3.35. The van der Waals surface area contributed by atoms with Crippen molar-refractivity contribution in [3.05, 3.63) is 65.9 Å². The van der Waals surface area contributed by atoms with Crippen LogP contribution in [-0.2, 0) is 0 Å². The molecule has 4 nitrogen and oxygen atoms in total. The Kier molecular flexibility index (Phi) is 3.21. The minimum Gasteiger partial charge on any atom is -0.346 e. The zero-order valence-electron chi connectivity index (χ0n) is 11.1. The highest BCUT2D eigenvalue weighted by Gasteiger charge is 2.11. The molecule has 1 heterocycles. The second kappa shape index (κ2) is 5.17. The van der Waals surface area contributed by atoms with Crippen molar-refractivity contribution in [2.24, 2.45) is 0 Å². The first-order valence-corrected chi connectivity index (χ1v) is 6.53. The lowest BCUT2D eigenvalue weighted by molar-refractivity contribution is 0.0940. The molecule has 20 heavy (non-hydrogen) atoms. The second-order valence-electron chi connectivity index (χ2n) is 4.78. The molecule has 100 valence electrons. The lowest BCUT2D eigenvalue weighted by Gasteiger charge is -2.14. The number of nitrogens with one attached hydrogen (secondary N) is 2. The van der Waals surface area contributed by atoms with Gasteiger partial charge < -0.3 is 5.32 Å². The van der Waals surface area contributed by atoms with Crippen molar-refractivity contribution in [3.63, 3.8) is 0 Å². The van der Waals surface area contributed by atoms with Crippen molar-refractivity contribution in [1.82, 2.24) is 15.5 Å². The molecule has 1 aromatic heterocycles. The Morgan fingerprint density at radius 1 is 1.20 bits per heavy atom. The zero-order chi connectivity index (χ0) is 13.9. The fourth-order valence-corrected chi connectivity index (χ4v) is 2.18. The number of rotatable bonds is 3. The van der Waals surface area contributed by atoms with Gasteiger partial charge in [-0.15, -0.1) is 0 Å². The minimum atomic E-state index is -0.0853. The highest BCUT2D eigenvalue weighted by molar-refractivity contribution is 5.97. The number of fused-ring (bicyclic) bond motifs is 1. The maximum atomic E-state index is 12.2. The zero-order valence-corrected chi connectivity index (χ0v) is 11.1. The molecule has 2 aromatic carbocycles. The molecular formula is C16H15N3O. The van der Waals surface area contributed by atoms with Gasteiger partial charge in [-0.2, -0.15) is 5.10 Å². The van der Waals surface area contributed by atoms with E-state index in [0.717, 1.165) is 16.5 Å². The summed E-state index contributed by atoms with van der Waals surface area (Å²) in [5, 5.41) is 10.8. The summed E-state index contributed by atoms with van der Waals surface area (Å²) in [6, 6.07) is 15.4. The number of aromatic nitrogens is 2. The van der Waals surface area contributed by atoms with Gasteiger partial charge in [0, 0.05) is 10.9 Å². The van der Waals surface area contributed by atoms with Gasteiger partial charge in [-0.25, -0.2) is 0 Å². The lowest BCUT2D eigenvalue weighted by Crippen LogP contribution is -2.26. The first kappa shape index (κ1) is 12.4. The summed E-state index contributed by atoms with van der Waals surface area (Å²) in [7, 11) is 0. The normalized spacial score (nSPS) is 12.2. The van der Waals surface area contributed by atoms with Gasteiger partial charge in [0.05, 0.1) is 17.8 Å². The number of carbonyl (C=O) groups excluding carboxylic acids is 1. The summed E-state index contributed by atoms with van der Waals surface area (Å²) in [6.07, 6.45) is 1.74. The summed E-state index contributed by atoms with van der Waals surface area (Å²) >= 11 is 0. The molecule has 0 aliphatic rings. The number of hydrogen-bond acceptors (Lipinski definition) is 2. The molecule has 0 spiro atoms. The first-order valence-electron chi connectivity index (χ1n) is 6.53. The maximum absolute atomic E-state index is 12.2. The number of H-pyrrole nitrogens is 1. The van der Waals surface area contributed by atoms with E-state index in [1.54, 1.807) is 6.20 Å². The van der Waals surface area contributed by atoms with E-state index in [1.165, 1.54) is 0 Å². The van der Waals surface area contributed by atoms with Crippen molar-refractivity contribution >= 4 is 16.8 Å². The van der Waals surface area contributed by atoms with Gasteiger partial charge in [-0.05, 0) is 24.6 Å². The molecule has 4 heteroatoms. The van der Waals surface area contributed by atoms with Crippen molar-refractivity contribution in [1.29, 1.82) is 0 Å². The van der Waals surface area contributed by atoms with Crippen molar-refractivity contribution in [2.75, 3.05) is 0 Å². The SMILES string of the molecule is CC(NC(=O)c1ccc2cn[nH]c2c1)c1ccccc1. The smallest absolute Gasteiger partial charge is 0.251 e. The van der Waals surface area contributed by atoms with Gasteiger partial charge in [-0.1, -0.05) is 36.4 Å². The number of nitrogens with zero attached hydrogens (tertiary/aromatic N) is 1. The number of benzene rings is 2. The summed E-state index contributed by atoms with van der Waals surface area (Å²) < 4.78 is 0. The van der Waals surface area contributed by atoms with Crippen LogP contribution in [0.4, 0.5) is 0 Å². The molecule has 0 saturated carbocycles. The van der Waals surface area contributed by atoms with Gasteiger partial charge >= 0.3 is 0 Å². The van der Waals surface area contributed by atoms with Gasteiger partial charge in [0.25, 0.3) is 5.91 Å². The molecule has 1 atom stereocenters. The highest BCUT2D eigenvalue weighted by Crippen LogP contribution is 2.15. The van der Waals surface area contributed by atoms with Gasteiger partial charge in [0.2, 0.25) is 0 Å². The van der Waals surface area contributed by atoms with Crippen LogP contribution >= 0.6 is 0 Å². The van der Waals surface area contributed by atoms with Crippen molar-refractivity contribution in [2.45, 2.75) is 13.0 Å². The average Bonchev–Trinajstić information content (AvgIpc) is 2.95. The van der Waals surface area contributed by atoms with Crippen LogP contribution in [0.2, 0.25) is 0 Å². The summed E-state index contributed by atoms with van der Waals surface area (Å²) in [5.41, 5.74) is 2.58. The van der Waals surface area contributed by atoms with E-state index in [4.69, 9.17) is 0 Å². The first-order chi connectivity index (χ1) is 9.74. The lowest BCUT2D eigenvalue weighted by atomic mass is 10.1. The molecule has 0 bridgehead atoms. The Hall–Kier alpha value is -2.62. The Labute approximate surface area is 116 Å². The third kappa shape index (κ3) is 2.40. The third-order valence-corrected chi connectivity index (χ3v) is 3.35. The molecule has 3 rings (SSSR count). The molecule has 0 fully saturated rings. The van der Waals surface area contributed by atoms with E-state index in [0.29, 0.717) is 5.56 Å². The van der Waals surface area contributed by atoms with Crippen LogP contribution in [-0.4, -0.2) is 16.1 Å². The number of amides is 1. The van der Waals surface area contributed by atoms with Crippen molar-refractivity contribution in [3.8, 4) is 0 Å². The van der Waals surface area contributed by atoms with E-state index in [9.17, 15) is 4.79 Å². The molecular weight excluding hydrogens is 250 g/mol. The van der Waals surface area contributed by atoms with E-state index >= 15 is 0 Å². The van der Waals surface area contributed by atoms with E-state index in [2.05, 4.69) is 15.5 Å². The van der Waals surface area contributed by atoms with Crippen LogP contribution in [0.15, 0.2) is 54.7 Å². The van der Waals surface area contributed by atoms with Gasteiger partial charge in [-0.3, -0.25) is 9.89 Å². The standard InChI is InChI=1S/C16H15N3O/c1-11(12-5-3-2-4-6-12)18-16(20)13-7-8-14-10-17-19-15(14)9-13/h2-11H,1H3,(H,17,19)(H,18,20). The number of hydrogen-bond donors (Lipinski definition) is 2. The molecule has 1 amide bonds. The molecule has 1 unspecified atom stereocenters. The quantitative estimate of drug-likeness (QED) is 0.764. The molecule has 0 aliphatic heterocycles. The van der Waals surface area contributed by atoms with E-state index < -0.39 is 0 Å². The summed E-state index contributed by atoms with van der Waals surface area (Å²) in [4.78, 5) is 12.2. The van der Waals surface area contributed by atoms with Gasteiger partial charge in [0.1, 0.15) is 0 Å². The fourth-order valence-electron chi connectivity index (χ4n) is 2.18. The van der Waals surface area contributed by atoms with E-state index in [1.807, 2.05) is 55.5 Å². The molecule has 0 radical (unpaired) electrons. The summed E-state index contributed by atoms with van der Waals surface area (Å²) in [5.74, 6) is -0.0853. The van der Waals surface area contributed by atoms with Gasteiger partial charge in [0.15, 0.2) is 0 Å². The molecule has 2 N–H and O–H groups in total. The van der Waals surface area contributed by atoms with Crippen LogP contribution in [0.25, 0.3) is 10.9 Å². The Balaban J connectivity index is 1.78. The Morgan fingerprint density at radius 2 is 2.00 bits per heavy atom. The molecule has 0 saturated heterocycles. The Bertz CT molecular complexity index is 734. The van der Waals surface area contributed by atoms with Crippen LogP contribution in [0.3, 0.4) is 0 Å². The van der Waals surface area contributed by atoms with Crippen LogP contribution in [0.5, 0.6) is 0 Å². The second-order valence-corrected chi connectivity index (χ2v) is 4.78. The minimum absolute atomic E-state index is 0.0267. The molecule has 0 aliphatic carbocycles. The predicted molar refractivity (Wildman–Crippen MR) is 78.4 cm³/mol. The highest BCUT2D eigenvalue weighted by atomic mass is 16.1. The number of aromatic amines is 1. The monoisotopic (exact) mass is 265 g/mol. The van der Waals surface area contributed by atoms with Crippen molar-refractivity contribution < 1.29 is 4.79 Å². The Morgan fingerprint density at radius 3 is 2.80 bits per heavy atom. The van der Waals surface area contributed by atoms with Crippen LogP contribution in [0, 0.1) is 0 Å². The predicted octanol–water partition coefficient (Wildman–Crippen LogP) is 3.05. The number of carbonyl (C=O) groups is 1.